The number of nitrogens with zero attached hydrogens (tertiary/aromatic N) is 1. The van der Waals surface area contributed by atoms with Crippen LogP contribution in [0.3, 0.4) is 0 Å². The number of imide groups is 1. The second-order valence-corrected chi connectivity index (χ2v) is 5.08. The Morgan fingerprint density at radius 1 is 1.53 bits per heavy atom. The van der Waals surface area contributed by atoms with Crippen molar-refractivity contribution >= 4 is 27.7 Å². The Kier molecular flexibility index (Phi) is 3.59. The Labute approximate surface area is 108 Å². The van der Waals surface area contributed by atoms with E-state index >= 15 is 0 Å². The normalized spacial score (nSPS) is 19.8. The third-order valence-electron chi connectivity index (χ3n) is 2.70. The number of benzene rings is 1. The zero-order valence-electron chi connectivity index (χ0n) is 9.23. The minimum atomic E-state index is -0.214. The lowest BCUT2D eigenvalue weighted by molar-refractivity contribution is -0.141. The number of halogens is 1. The van der Waals surface area contributed by atoms with Crippen molar-refractivity contribution in [1.29, 1.82) is 0 Å². The van der Waals surface area contributed by atoms with E-state index < -0.39 is 0 Å². The monoisotopic (exact) mass is 296 g/mol. The highest BCUT2D eigenvalue weighted by molar-refractivity contribution is 9.10. The third-order valence-corrected chi connectivity index (χ3v) is 3.19. The molecule has 1 aromatic carbocycles. The summed E-state index contributed by atoms with van der Waals surface area (Å²) < 4.78 is 0.923. The van der Waals surface area contributed by atoms with Gasteiger partial charge in [-0.1, -0.05) is 28.1 Å². The first-order valence-corrected chi connectivity index (χ1v) is 6.19. The summed E-state index contributed by atoms with van der Waals surface area (Å²) in [5.41, 5.74) is 6.54. The molecule has 2 N–H and O–H groups in total. The summed E-state index contributed by atoms with van der Waals surface area (Å²) in [6, 6.07) is 7.28. The smallest absolute Gasteiger partial charge is 0.233 e. The largest absolute Gasteiger partial charge is 0.326 e. The van der Waals surface area contributed by atoms with Crippen molar-refractivity contribution in [1.82, 2.24) is 4.90 Å². The second kappa shape index (κ2) is 4.98. The number of hydrogen-bond acceptors (Lipinski definition) is 3. The molecule has 90 valence electrons. The van der Waals surface area contributed by atoms with Gasteiger partial charge in [-0.15, -0.1) is 0 Å². The van der Waals surface area contributed by atoms with Crippen LogP contribution in [0.1, 0.15) is 12.0 Å². The minimum Gasteiger partial charge on any atom is -0.326 e. The quantitative estimate of drug-likeness (QED) is 0.888. The van der Waals surface area contributed by atoms with Crippen molar-refractivity contribution in [3.63, 3.8) is 0 Å². The predicted octanol–water partition coefficient (Wildman–Crippen LogP) is 1.08. The van der Waals surface area contributed by atoms with Crippen molar-refractivity contribution in [2.45, 2.75) is 18.9 Å². The fourth-order valence-corrected chi connectivity index (χ4v) is 2.34. The molecule has 1 aliphatic rings. The lowest BCUT2D eigenvalue weighted by atomic mass is 10.1. The topological polar surface area (TPSA) is 63.4 Å². The van der Waals surface area contributed by atoms with Crippen LogP contribution >= 0.6 is 15.9 Å². The van der Waals surface area contributed by atoms with Crippen LogP contribution in [0.25, 0.3) is 0 Å². The Morgan fingerprint density at radius 2 is 2.29 bits per heavy atom. The first-order valence-electron chi connectivity index (χ1n) is 5.39. The molecule has 1 aromatic rings. The maximum Gasteiger partial charge on any atom is 0.233 e. The Balaban J connectivity index is 2.05. The van der Waals surface area contributed by atoms with Crippen LogP contribution < -0.4 is 5.73 Å². The molecule has 17 heavy (non-hydrogen) atoms. The average molecular weight is 297 g/mol. The van der Waals surface area contributed by atoms with Crippen LogP contribution in [0.5, 0.6) is 0 Å². The van der Waals surface area contributed by atoms with Crippen LogP contribution in [0, 0.1) is 0 Å². The molecule has 0 aromatic heterocycles. The van der Waals surface area contributed by atoms with E-state index in [1.54, 1.807) is 0 Å². The molecule has 0 radical (unpaired) electrons. The second-order valence-electron chi connectivity index (χ2n) is 4.17. The molecule has 5 heteroatoms. The van der Waals surface area contributed by atoms with Crippen molar-refractivity contribution in [2.75, 3.05) is 6.54 Å². The third kappa shape index (κ3) is 2.92. The molecule has 1 unspecified atom stereocenters. The van der Waals surface area contributed by atoms with E-state index in [4.69, 9.17) is 5.73 Å². The molecular formula is C12H13BrN2O2. The van der Waals surface area contributed by atoms with Crippen LogP contribution in [0.4, 0.5) is 0 Å². The van der Waals surface area contributed by atoms with Crippen LogP contribution in [0.15, 0.2) is 28.7 Å². The molecule has 4 nitrogen and oxygen atoms in total. The molecule has 1 saturated heterocycles. The number of carbonyl (C=O) groups excluding carboxylic acids is 2. The summed E-state index contributed by atoms with van der Waals surface area (Å²) in [7, 11) is 0. The lowest BCUT2D eigenvalue weighted by Gasteiger charge is -2.13. The fraction of sp³-hybridized carbons (Fsp3) is 0.333. The van der Waals surface area contributed by atoms with Crippen molar-refractivity contribution < 1.29 is 9.59 Å². The van der Waals surface area contributed by atoms with Gasteiger partial charge in [-0.25, -0.2) is 0 Å². The lowest BCUT2D eigenvalue weighted by Crippen LogP contribution is -2.35. The van der Waals surface area contributed by atoms with Gasteiger partial charge in [-0.05, 0) is 17.7 Å². The highest BCUT2D eigenvalue weighted by Gasteiger charge is 2.31. The molecule has 1 heterocycles. The number of carbonyl (C=O) groups is 2. The van der Waals surface area contributed by atoms with Gasteiger partial charge in [0.1, 0.15) is 0 Å². The zero-order valence-corrected chi connectivity index (χ0v) is 10.8. The van der Waals surface area contributed by atoms with Gasteiger partial charge in [-0.3, -0.25) is 14.5 Å². The summed E-state index contributed by atoms with van der Waals surface area (Å²) in [5.74, 6) is -0.349. The highest BCUT2D eigenvalue weighted by atomic mass is 79.9. The van der Waals surface area contributed by atoms with E-state index in [0.29, 0.717) is 6.54 Å². The summed E-state index contributed by atoms with van der Waals surface area (Å²) in [5, 5.41) is 0. The van der Waals surface area contributed by atoms with Gasteiger partial charge in [0.25, 0.3) is 0 Å². The summed E-state index contributed by atoms with van der Waals surface area (Å²) in [4.78, 5) is 24.7. The van der Waals surface area contributed by atoms with Crippen molar-refractivity contribution in [3.05, 3.63) is 34.3 Å². The van der Waals surface area contributed by atoms with Gasteiger partial charge >= 0.3 is 0 Å². The predicted molar refractivity (Wildman–Crippen MR) is 67.2 cm³/mol. The van der Waals surface area contributed by atoms with E-state index in [-0.39, 0.29) is 30.7 Å². The minimum absolute atomic E-state index is 0.169. The maximum atomic E-state index is 11.9. The molecule has 0 aliphatic carbocycles. The van der Waals surface area contributed by atoms with E-state index in [2.05, 4.69) is 15.9 Å². The van der Waals surface area contributed by atoms with Gasteiger partial charge in [0.05, 0.1) is 6.42 Å². The fourth-order valence-electron chi connectivity index (χ4n) is 1.89. The number of nitrogens with two attached hydrogens (primary N) is 1. The number of likely N-dealkylation sites (tertiary alicyclic amines) is 1. The molecular weight excluding hydrogens is 284 g/mol. The Bertz CT molecular complexity index is 462. The maximum absolute atomic E-state index is 11.9. The number of hydrogen-bond donors (Lipinski definition) is 1. The molecule has 0 bridgehead atoms. The van der Waals surface area contributed by atoms with Gasteiger partial charge in [-0.2, -0.15) is 0 Å². The molecule has 2 rings (SSSR count). The SMILES string of the molecule is NC1CC(=O)N(C(=O)Cc2cccc(Br)c2)C1. The summed E-state index contributed by atoms with van der Waals surface area (Å²) in [6.45, 7) is 0.339. The van der Waals surface area contributed by atoms with E-state index in [9.17, 15) is 9.59 Å². The number of amides is 2. The van der Waals surface area contributed by atoms with Crippen LogP contribution in [-0.4, -0.2) is 29.3 Å². The average Bonchev–Trinajstić information content (AvgIpc) is 2.58. The standard InChI is InChI=1S/C12H13BrN2O2/c13-9-3-1-2-8(4-9)5-11(16)15-7-10(14)6-12(15)17/h1-4,10H,5-7,14H2. The van der Waals surface area contributed by atoms with E-state index in [1.807, 2.05) is 24.3 Å². The van der Waals surface area contributed by atoms with E-state index in [1.165, 1.54) is 4.90 Å². The highest BCUT2D eigenvalue weighted by Crippen LogP contribution is 2.15. The van der Waals surface area contributed by atoms with Crippen LogP contribution in [-0.2, 0) is 16.0 Å². The molecule has 0 spiro atoms. The number of rotatable bonds is 2. The van der Waals surface area contributed by atoms with Crippen LogP contribution in [0.2, 0.25) is 0 Å². The van der Waals surface area contributed by atoms with Crippen molar-refractivity contribution in [2.24, 2.45) is 5.73 Å². The molecule has 2 amide bonds. The van der Waals surface area contributed by atoms with Crippen molar-refractivity contribution in [3.8, 4) is 0 Å². The van der Waals surface area contributed by atoms with Gasteiger partial charge < -0.3 is 5.73 Å². The Morgan fingerprint density at radius 3 is 2.88 bits per heavy atom. The molecule has 1 aliphatic heterocycles. The van der Waals surface area contributed by atoms with E-state index in [0.717, 1.165) is 10.0 Å². The molecule has 1 atom stereocenters. The first kappa shape index (κ1) is 12.3. The molecule has 0 saturated carbocycles. The van der Waals surface area contributed by atoms with Gasteiger partial charge in [0, 0.05) is 23.5 Å². The first-order chi connectivity index (χ1) is 8.06. The summed E-state index contributed by atoms with van der Waals surface area (Å²) >= 11 is 3.35. The van der Waals surface area contributed by atoms with Gasteiger partial charge in [0.2, 0.25) is 11.8 Å². The summed E-state index contributed by atoms with van der Waals surface area (Å²) in [6.07, 6.45) is 0.502. The zero-order chi connectivity index (χ0) is 12.4. The molecule has 1 fully saturated rings. The Hall–Kier alpha value is -1.20. The van der Waals surface area contributed by atoms with Gasteiger partial charge in [0.15, 0.2) is 0 Å².